The molecule has 2 heterocycles. The molecule has 2 rings (SSSR count). The lowest BCUT2D eigenvalue weighted by atomic mass is 10.2. The van der Waals surface area contributed by atoms with Crippen LogP contribution in [0.15, 0.2) is 6.20 Å². The van der Waals surface area contributed by atoms with E-state index in [4.69, 9.17) is 11.6 Å². The lowest BCUT2D eigenvalue weighted by Gasteiger charge is -2.25. The molecule has 0 amide bonds. The van der Waals surface area contributed by atoms with Crippen LogP contribution in [0.3, 0.4) is 0 Å². The summed E-state index contributed by atoms with van der Waals surface area (Å²) < 4.78 is 1.73. The first-order valence-electron chi connectivity index (χ1n) is 6.60. The van der Waals surface area contributed by atoms with Crippen LogP contribution >= 0.6 is 23.4 Å². The Morgan fingerprint density at radius 3 is 2.85 bits per heavy atom. The Balaban J connectivity index is 2.22. The minimum Gasteiger partial charge on any atom is -0.295 e. The third kappa shape index (κ3) is 3.24. The summed E-state index contributed by atoms with van der Waals surface area (Å²) in [7, 11) is 3.97. The molecule has 2 aromatic heterocycles. The summed E-state index contributed by atoms with van der Waals surface area (Å²) in [5, 5.41) is 5.45. The van der Waals surface area contributed by atoms with E-state index in [1.54, 1.807) is 10.9 Å². The highest BCUT2D eigenvalue weighted by Crippen LogP contribution is 2.20. The zero-order valence-electron chi connectivity index (χ0n) is 12.3. The topological polar surface area (TPSA) is 46.8 Å². The molecule has 0 saturated carbocycles. The number of thioether (sulfide) groups is 1. The van der Waals surface area contributed by atoms with Gasteiger partial charge in [0.2, 0.25) is 0 Å². The minimum atomic E-state index is 0.476. The van der Waals surface area contributed by atoms with E-state index in [9.17, 15) is 0 Å². The zero-order valence-corrected chi connectivity index (χ0v) is 13.9. The smallest absolute Gasteiger partial charge is 0.162 e. The van der Waals surface area contributed by atoms with Gasteiger partial charge in [-0.2, -0.15) is 16.9 Å². The number of nitrogens with zero attached hydrogens (tertiary/aromatic N) is 5. The van der Waals surface area contributed by atoms with Gasteiger partial charge in [0.15, 0.2) is 5.65 Å². The van der Waals surface area contributed by atoms with Crippen molar-refractivity contribution in [3.63, 3.8) is 0 Å². The molecule has 7 heteroatoms. The maximum atomic E-state index is 6.21. The van der Waals surface area contributed by atoms with Crippen molar-refractivity contribution in [1.29, 1.82) is 0 Å². The van der Waals surface area contributed by atoms with Crippen molar-refractivity contribution in [1.82, 2.24) is 24.6 Å². The van der Waals surface area contributed by atoms with Gasteiger partial charge in [0.1, 0.15) is 11.0 Å². The van der Waals surface area contributed by atoms with Crippen LogP contribution in [-0.2, 0) is 13.6 Å². The maximum Gasteiger partial charge on any atom is 0.162 e. The maximum absolute atomic E-state index is 6.21. The van der Waals surface area contributed by atoms with Gasteiger partial charge >= 0.3 is 0 Å². The Hall–Kier alpha value is -0.850. The lowest BCUT2D eigenvalue weighted by Crippen LogP contribution is -2.33. The molecule has 0 spiro atoms. The fraction of sp³-hybridized carbons (Fsp3) is 0.615. The normalized spacial score (nSPS) is 13.3. The Morgan fingerprint density at radius 2 is 2.20 bits per heavy atom. The van der Waals surface area contributed by atoms with Crippen molar-refractivity contribution < 1.29 is 0 Å². The van der Waals surface area contributed by atoms with E-state index in [-0.39, 0.29) is 0 Å². The third-order valence-corrected chi connectivity index (χ3v) is 4.44. The molecule has 1 unspecified atom stereocenters. The number of hydrogen-bond donors (Lipinski definition) is 0. The van der Waals surface area contributed by atoms with Gasteiger partial charge in [-0.15, -0.1) is 0 Å². The fourth-order valence-corrected chi connectivity index (χ4v) is 3.31. The van der Waals surface area contributed by atoms with E-state index in [0.29, 0.717) is 17.7 Å². The quantitative estimate of drug-likeness (QED) is 0.767. The SMILES string of the molecule is CCC(CSC)N(C)Cc1nc(Cl)c2cnn(C)c2n1. The van der Waals surface area contributed by atoms with E-state index in [1.807, 2.05) is 18.8 Å². The Morgan fingerprint density at radius 1 is 1.45 bits per heavy atom. The summed E-state index contributed by atoms with van der Waals surface area (Å²) in [5.74, 6) is 1.85. The molecule has 0 aliphatic rings. The molecule has 0 aliphatic carbocycles. The standard InChI is InChI=1S/C13H20ClN5S/c1-5-9(8-20-4)18(2)7-11-16-12(14)10-6-15-19(3)13(10)17-11/h6,9H,5,7-8H2,1-4H3. The van der Waals surface area contributed by atoms with Crippen LogP contribution in [0.4, 0.5) is 0 Å². The first kappa shape index (κ1) is 15.5. The van der Waals surface area contributed by atoms with E-state index in [1.165, 1.54) is 0 Å². The fourth-order valence-electron chi connectivity index (χ4n) is 2.20. The van der Waals surface area contributed by atoms with Crippen molar-refractivity contribution in [3.05, 3.63) is 17.2 Å². The Bertz CT molecular complexity index is 585. The summed E-state index contributed by atoms with van der Waals surface area (Å²) in [6.07, 6.45) is 4.94. The molecule has 0 aliphatic heterocycles. The van der Waals surface area contributed by atoms with Crippen LogP contribution in [0.2, 0.25) is 5.15 Å². The highest BCUT2D eigenvalue weighted by atomic mass is 35.5. The first-order valence-corrected chi connectivity index (χ1v) is 8.37. The Kier molecular flexibility index (Phi) is 5.23. The number of rotatable bonds is 6. The molecule has 0 bridgehead atoms. The van der Waals surface area contributed by atoms with Gasteiger partial charge < -0.3 is 0 Å². The van der Waals surface area contributed by atoms with E-state index < -0.39 is 0 Å². The van der Waals surface area contributed by atoms with Crippen LogP contribution < -0.4 is 0 Å². The van der Waals surface area contributed by atoms with Crippen LogP contribution in [-0.4, -0.2) is 49.7 Å². The number of aryl methyl sites for hydroxylation is 1. The number of aromatic nitrogens is 4. The molecular formula is C13H20ClN5S. The molecule has 5 nitrogen and oxygen atoms in total. The van der Waals surface area contributed by atoms with Crippen molar-refractivity contribution in [3.8, 4) is 0 Å². The average molecular weight is 314 g/mol. The van der Waals surface area contributed by atoms with Gasteiger partial charge in [-0.25, -0.2) is 9.97 Å². The summed E-state index contributed by atoms with van der Waals surface area (Å²) >= 11 is 8.07. The van der Waals surface area contributed by atoms with Gasteiger partial charge in [0.05, 0.1) is 18.1 Å². The number of halogens is 1. The summed E-state index contributed by atoms with van der Waals surface area (Å²) in [4.78, 5) is 11.2. The second kappa shape index (κ2) is 6.74. The van der Waals surface area contributed by atoms with Crippen molar-refractivity contribution in [2.75, 3.05) is 19.1 Å². The van der Waals surface area contributed by atoms with Crippen LogP contribution in [0.1, 0.15) is 19.2 Å². The molecule has 0 fully saturated rings. The van der Waals surface area contributed by atoms with Crippen molar-refractivity contribution in [2.45, 2.75) is 25.9 Å². The van der Waals surface area contributed by atoms with Crippen molar-refractivity contribution in [2.24, 2.45) is 7.05 Å². The van der Waals surface area contributed by atoms with Gasteiger partial charge in [-0.1, -0.05) is 18.5 Å². The second-order valence-electron chi connectivity index (χ2n) is 4.87. The Labute approximate surface area is 128 Å². The highest BCUT2D eigenvalue weighted by Gasteiger charge is 2.16. The molecule has 2 aromatic rings. The zero-order chi connectivity index (χ0) is 14.7. The molecule has 0 N–H and O–H groups in total. The van der Waals surface area contributed by atoms with Crippen LogP contribution in [0.25, 0.3) is 11.0 Å². The predicted octanol–water partition coefficient (Wildman–Crippen LogP) is 2.59. The lowest BCUT2D eigenvalue weighted by molar-refractivity contribution is 0.242. The number of hydrogen-bond acceptors (Lipinski definition) is 5. The third-order valence-electron chi connectivity index (χ3n) is 3.44. The first-order chi connectivity index (χ1) is 9.56. The second-order valence-corrected chi connectivity index (χ2v) is 6.14. The predicted molar refractivity (Wildman–Crippen MR) is 85.2 cm³/mol. The molecule has 0 radical (unpaired) electrons. The summed E-state index contributed by atoms with van der Waals surface area (Å²) in [6.45, 7) is 2.90. The van der Waals surface area contributed by atoms with Crippen LogP contribution in [0, 0.1) is 0 Å². The summed E-state index contributed by atoms with van der Waals surface area (Å²) in [5.41, 5.74) is 0.784. The van der Waals surface area contributed by atoms with E-state index in [0.717, 1.165) is 29.0 Å². The van der Waals surface area contributed by atoms with Crippen molar-refractivity contribution >= 4 is 34.4 Å². The van der Waals surface area contributed by atoms with Gasteiger partial charge in [0, 0.05) is 18.8 Å². The number of fused-ring (bicyclic) bond motifs is 1. The van der Waals surface area contributed by atoms with Gasteiger partial charge in [0.25, 0.3) is 0 Å². The average Bonchev–Trinajstić information content (AvgIpc) is 2.78. The molecule has 0 saturated heterocycles. The summed E-state index contributed by atoms with van der Waals surface area (Å²) in [6, 6.07) is 0.523. The molecule has 1 atom stereocenters. The molecule has 0 aromatic carbocycles. The largest absolute Gasteiger partial charge is 0.295 e. The molecular weight excluding hydrogens is 294 g/mol. The van der Waals surface area contributed by atoms with Gasteiger partial charge in [-0.3, -0.25) is 9.58 Å². The van der Waals surface area contributed by atoms with E-state index >= 15 is 0 Å². The monoisotopic (exact) mass is 313 g/mol. The molecule has 20 heavy (non-hydrogen) atoms. The minimum absolute atomic E-state index is 0.476. The van der Waals surface area contributed by atoms with Gasteiger partial charge in [-0.05, 0) is 19.7 Å². The molecule has 110 valence electrons. The highest BCUT2D eigenvalue weighted by molar-refractivity contribution is 7.98. The van der Waals surface area contributed by atoms with Crippen LogP contribution in [0.5, 0.6) is 0 Å². The van der Waals surface area contributed by atoms with E-state index in [2.05, 4.69) is 40.2 Å².